The van der Waals surface area contributed by atoms with E-state index < -0.39 is 17.2 Å². The Kier molecular flexibility index (Phi) is 6.08. The summed E-state index contributed by atoms with van der Waals surface area (Å²) in [5, 5.41) is 2.95. The van der Waals surface area contributed by atoms with Gasteiger partial charge in [0.15, 0.2) is 0 Å². The van der Waals surface area contributed by atoms with Gasteiger partial charge < -0.3 is 10.1 Å². The number of ether oxygens (including phenoxy) is 1. The first-order chi connectivity index (χ1) is 13.3. The fourth-order valence-electron chi connectivity index (χ4n) is 3.97. The Morgan fingerprint density at radius 1 is 1.07 bits per heavy atom. The summed E-state index contributed by atoms with van der Waals surface area (Å²) >= 11 is 0. The molecule has 1 aliphatic carbocycles. The van der Waals surface area contributed by atoms with Crippen LogP contribution in [0.4, 0.5) is 13.2 Å². The molecule has 3 nitrogen and oxygen atoms in total. The van der Waals surface area contributed by atoms with Crippen molar-refractivity contribution in [1.29, 1.82) is 0 Å². The Morgan fingerprint density at radius 3 is 2.43 bits per heavy atom. The molecule has 1 amide bonds. The second kappa shape index (κ2) is 8.35. The van der Waals surface area contributed by atoms with Gasteiger partial charge in [0.25, 0.3) is 0 Å². The van der Waals surface area contributed by atoms with Gasteiger partial charge in [-0.2, -0.15) is 13.2 Å². The highest BCUT2D eigenvalue weighted by molar-refractivity contribution is 5.88. The van der Waals surface area contributed by atoms with Gasteiger partial charge >= 0.3 is 6.18 Å². The highest BCUT2D eigenvalue weighted by atomic mass is 19.4. The van der Waals surface area contributed by atoms with Crippen LogP contribution in [0, 0.1) is 0 Å². The van der Waals surface area contributed by atoms with Crippen LogP contribution in [-0.2, 0) is 34.3 Å². The third kappa shape index (κ3) is 4.38. The van der Waals surface area contributed by atoms with Crippen LogP contribution in [0.2, 0.25) is 0 Å². The lowest BCUT2D eigenvalue weighted by molar-refractivity contribution is -0.138. The molecule has 0 heterocycles. The molecule has 0 saturated heterocycles. The van der Waals surface area contributed by atoms with Crippen LogP contribution in [-0.4, -0.2) is 13.0 Å². The minimum absolute atomic E-state index is 0.207. The quantitative estimate of drug-likeness (QED) is 0.754. The van der Waals surface area contributed by atoms with Gasteiger partial charge in [0.05, 0.1) is 17.6 Å². The van der Waals surface area contributed by atoms with Gasteiger partial charge in [0.1, 0.15) is 0 Å². The summed E-state index contributed by atoms with van der Waals surface area (Å²) in [5.41, 5.74) is 0.774. The molecule has 0 spiro atoms. The first kappa shape index (κ1) is 20.4. The predicted molar refractivity (Wildman–Crippen MR) is 101 cm³/mol. The molecule has 1 N–H and O–H groups in total. The molecule has 0 bridgehead atoms. The van der Waals surface area contributed by atoms with Crippen LogP contribution in [0.5, 0.6) is 0 Å². The summed E-state index contributed by atoms with van der Waals surface area (Å²) < 4.78 is 44.5. The van der Waals surface area contributed by atoms with Crippen LogP contribution in [0.15, 0.2) is 48.5 Å². The van der Waals surface area contributed by atoms with Crippen molar-refractivity contribution in [2.24, 2.45) is 0 Å². The molecule has 0 radical (unpaired) electrons. The molecule has 0 aromatic heterocycles. The van der Waals surface area contributed by atoms with E-state index in [9.17, 15) is 18.0 Å². The van der Waals surface area contributed by atoms with E-state index in [1.165, 1.54) is 6.07 Å². The van der Waals surface area contributed by atoms with Gasteiger partial charge in [-0.25, -0.2) is 0 Å². The van der Waals surface area contributed by atoms with Crippen molar-refractivity contribution in [2.45, 2.75) is 50.4 Å². The first-order valence-electron chi connectivity index (χ1n) is 9.38. The van der Waals surface area contributed by atoms with Gasteiger partial charge in [-0.3, -0.25) is 4.79 Å². The molecule has 2 aromatic carbocycles. The van der Waals surface area contributed by atoms with Gasteiger partial charge in [-0.1, -0.05) is 55.3 Å². The average molecular weight is 391 g/mol. The molecule has 1 fully saturated rings. The standard InChI is InChI=1S/C22H24F3NO2/c1-28-15-17-7-4-6-16(12-17)14-26-20(27)21(10-2-3-11-21)18-8-5-9-19(13-18)22(23,24)25/h4-9,12-13H,2-3,10-11,14-15H2,1H3,(H,26,27). The zero-order chi connectivity index (χ0) is 20.2. The van der Waals surface area contributed by atoms with E-state index >= 15 is 0 Å². The van der Waals surface area contributed by atoms with Crippen molar-refractivity contribution >= 4 is 5.91 Å². The number of hydrogen-bond donors (Lipinski definition) is 1. The SMILES string of the molecule is COCc1cccc(CNC(=O)C2(c3cccc(C(F)(F)F)c3)CCCC2)c1. The molecular weight excluding hydrogens is 367 g/mol. The summed E-state index contributed by atoms with van der Waals surface area (Å²) in [7, 11) is 1.62. The summed E-state index contributed by atoms with van der Waals surface area (Å²) in [6.45, 7) is 0.813. The number of nitrogens with one attached hydrogen (secondary N) is 1. The fourth-order valence-corrected chi connectivity index (χ4v) is 3.97. The van der Waals surface area contributed by atoms with E-state index in [4.69, 9.17) is 4.74 Å². The fraction of sp³-hybridized carbons (Fsp3) is 0.409. The summed E-state index contributed by atoms with van der Waals surface area (Å²) in [4.78, 5) is 13.1. The Labute approximate surface area is 162 Å². The molecule has 2 aromatic rings. The van der Waals surface area contributed by atoms with Gasteiger partial charge in [0, 0.05) is 13.7 Å². The van der Waals surface area contributed by atoms with Crippen molar-refractivity contribution < 1.29 is 22.7 Å². The Balaban J connectivity index is 1.80. The molecule has 3 rings (SSSR count). The van der Waals surface area contributed by atoms with E-state index in [2.05, 4.69) is 5.32 Å². The molecule has 150 valence electrons. The highest BCUT2D eigenvalue weighted by Gasteiger charge is 2.43. The van der Waals surface area contributed by atoms with Crippen molar-refractivity contribution in [1.82, 2.24) is 5.32 Å². The van der Waals surface area contributed by atoms with E-state index in [1.807, 2.05) is 24.3 Å². The lowest BCUT2D eigenvalue weighted by Crippen LogP contribution is -2.42. The zero-order valence-electron chi connectivity index (χ0n) is 15.8. The number of halogens is 3. The minimum Gasteiger partial charge on any atom is -0.380 e. The largest absolute Gasteiger partial charge is 0.416 e. The number of carbonyl (C=O) groups is 1. The van der Waals surface area contributed by atoms with E-state index in [0.717, 1.165) is 36.1 Å². The van der Waals surface area contributed by atoms with Crippen molar-refractivity contribution in [2.75, 3.05) is 7.11 Å². The third-order valence-electron chi connectivity index (χ3n) is 5.39. The van der Waals surface area contributed by atoms with Crippen LogP contribution in [0.3, 0.4) is 0 Å². The summed E-state index contributed by atoms with van der Waals surface area (Å²) in [5.74, 6) is -0.207. The van der Waals surface area contributed by atoms with Crippen molar-refractivity contribution in [3.8, 4) is 0 Å². The summed E-state index contributed by atoms with van der Waals surface area (Å²) in [6.07, 6.45) is -1.65. The molecule has 1 aliphatic rings. The second-order valence-electron chi connectivity index (χ2n) is 7.30. The van der Waals surface area contributed by atoms with Gasteiger partial charge in [-0.15, -0.1) is 0 Å². The van der Waals surface area contributed by atoms with Crippen LogP contribution >= 0.6 is 0 Å². The monoisotopic (exact) mass is 391 g/mol. The molecule has 6 heteroatoms. The number of alkyl halides is 3. The lowest BCUT2D eigenvalue weighted by atomic mass is 9.77. The Bertz CT molecular complexity index is 827. The molecule has 0 atom stereocenters. The minimum atomic E-state index is -4.42. The lowest BCUT2D eigenvalue weighted by Gasteiger charge is -2.29. The molecular formula is C22H24F3NO2. The smallest absolute Gasteiger partial charge is 0.380 e. The Hall–Kier alpha value is -2.34. The molecule has 0 unspecified atom stereocenters. The second-order valence-corrected chi connectivity index (χ2v) is 7.30. The number of hydrogen-bond acceptors (Lipinski definition) is 2. The highest BCUT2D eigenvalue weighted by Crippen LogP contribution is 2.43. The van der Waals surface area contributed by atoms with Gasteiger partial charge in [-0.05, 0) is 35.6 Å². The average Bonchev–Trinajstić information content (AvgIpc) is 3.17. The van der Waals surface area contributed by atoms with Crippen LogP contribution in [0.25, 0.3) is 0 Å². The number of carbonyl (C=O) groups excluding carboxylic acids is 1. The maximum atomic E-state index is 13.1. The first-order valence-corrected chi connectivity index (χ1v) is 9.38. The topological polar surface area (TPSA) is 38.3 Å². The number of benzene rings is 2. The maximum absolute atomic E-state index is 13.1. The molecule has 0 aliphatic heterocycles. The number of methoxy groups -OCH3 is 1. The van der Waals surface area contributed by atoms with E-state index in [-0.39, 0.29) is 5.91 Å². The number of amides is 1. The van der Waals surface area contributed by atoms with Crippen molar-refractivity contribution in [3.63, 3.8) is 0 Å². The third-order valence-corrected chi connectivity index (χ3v) is 5.39. The predicted octanol–water partition coefficient (Wildman–Crippen LogP) is 4.98. The van der Waals surface area contributed by atoms with E-state index in [1.54, 1.807) is 13.2 Å². The normalized spacial score (nSPS) is 16.1. The molecule has 28 heavy (non-hydrogen) atoms. The molecule has 1 saturated carbocycles. The van der Waals surface area contributed by atoms with Crippen LogP contribution < -0.4 is 5.32 Å². The summed E-state index contributed by atoms with van der Waals surface area (Å²) in [6, 6.07) is 12.9. The number of rotatable bonds is 6. The van der Waals surface area contributed by atoms with Gasteiger partial charge in [0.2, 0.25) is 5.91 Å². The van der Waals surface area contributed by atoms with E-state index in [0.29, 0.717) is 31.6 Å². The Morgan fingerprint density at radius 2 is 1.75 bits per heavy atom. The maximum Gasteiger partial charge on any atom is 0.416 e. The zero-order valence-corrected chi connectivity index (χ0v) is 15.8. The van der Waals surface area contributed by atoms with Crippen molar-refractivity contribution in [3.05, 3.63) is 70.8 Å². The van der Waals surface area contributed by atoms with Crippen LogP contribution in [0.1, 0.15) is 47.9 Å².